The van der Waals surface area contributed by atoms with E-state index < -0.39 is 0 Å². The molecule has 1 fully saturated rings. The first kappa shape index (κ1) is 18.8. The maximum absolute atomic E-state index is 12.5. The van der Waals surface area contributed by atoms with Crippen molar-refractivity contribution in [1.82, 2.24) is 19.8 Å². The molecular formula is C20H25N5O2. The van der Waals surface area contributed by atoms with Gasteiger partial charge in [-0.25, -0.2) is 9.97 Å². The Morgan fingerprint density at radius 2 is 1.63 bits per heavy atom. The van der Waals surface area contributed by atoms with Crippen LogP contribution in [0.1, 0.15) is 22.3 Å². The number of benzene rings is 1. The second kappa shape index (κ2) is 8.62. The minimum atomic E-state index is -0.0158. The van der Waals surface area contributed by atoms with Gasteiger partial charge in [-0.3, -0.25) is 9.59 Å². The van der Waals surface area contributed by atoms with E-state index in [9.17, 15) is 9.59 Å². The molecule has 1 aliphatic rings. The van der Waals surface area contributed by atoms with Gasteiger partial charge in [-0.15, -0.1) is 0 Å². The largest absolute Gasteiger partial charge is 0.345 e. The van der Waals surface area contributed by atoms with Gasteiger partial charge in [0.05, 0.1) is 0 Å². The minimum absolute atomic E-state index is 0.0158. The summed E-state index contributed by atoms with van der Waals surface area (Å²) in [7, 11) is 3.47. The lowest BCUT2D eigenvalue weighted by Gasteiger charge is -2.34. The summed E-state index contributed by atoms with van der Waals surface area (Å²) in [5, 5.41) is 0. The molecule has 7 nitrogen and oxygen atoms in total. The van der Waals surface area contributed by atoms with E-state index in [1.54, 1.807) is 37.5 Å². The average molecular weight is 367 g/mol. The van der Waals surface area contributed by atoms with Crippen LogP contribution in [0.25, 0.3) is 0 Å². The molecule has 7 heteroatoms. The summed E-state index contributed by atoms with van der Waals surface area (Å²) in [6.07, 6.45) is 4.62. The molecule has 0 atom stereocenters. The van der Waals surface area contributed by atoms with Gasteiger partial charge in [-0.05, 0) is 30.2 Å². The Hall–Kier alpha value is -2.96. The Labute approximate surface area is 159 Å². The van der Waals surface area contributed by atoms with Crippen molar-refractivity contribution in [3.8, 4) is 0 Å². The summed E-state index contributed by atoms with van der Waals surface area (Å²) in [5.41, 5.74) is 1.73. The van der Waals surface area contributed by atoms with E-state index in [4.69, 9.17) is 0 Å². The van der Waals surface area contributed by atoms with Gasteiger partial charge in [-0.2, -0.15) is 0 Å². The molecule has 0 N–H and O–H groups in total. The molecule has 1 saturated heterocycles. The van der Waals surface area contributed by atoms with E-state index in [0.717, 1.165) is 24.6 Å². The molecule has 3 rings (SSSR count). The number of amides is 2. The molecule has 2 heterocycles. The maximum Gasteiger partial charge on any atom is 0.253 e. The molecule has 142 valence electrons. The van der Waals surface area contributed by atoms with Crippen molar-refractivity contribution < 1.29 is 9.59 Å². The van der Waals surface area contributed by atoms with Crippen molar-refractivity contribution in [2.75, 3.05) is 45.2 Å². The van der Waals surface area contributed by atoms with Gasteiger partial charge in [0.1, 0.15) is 0 Å². The highest BCUT2D eigenvalue weighted by Gasteiger charge is 2.22. The lowest BCUT2D eigenvalue weighted by Crippen LogP contribution is -2.49. The Morgan fingerprint density at radius 1 is 1.00 bits per heavy atom. The van der Waals surface area contributed by atoms with Gasteiger partial charge in [0.2, 0.25) is 11.9 Å². The van der Waals surface area contributed by atoms with Crippen LogP contribution in [-0.2, 0) is 11.2 Å². The highest BCUT2D eigenvalue weighted by atomic mass is 16.2. The monoisotopic (exact) mass is 367 g/mol. The summed E-state index contributed by atoms with van der Waals surface area (Å²) in [6.45, 7) is 2.87. The summed E-state index contributed by atoms with van der Waals surface area (Å²) in [6, 6.07) is 9.29. The number of aromatic nitrogens is 2. The number of hydrogen-bond donors (Lipinski definition) is 0. The third-order valence-corrected chi connectivity index (χ3v) is 4.70. The molecule has 0 saturated carbocycles. The molecule has 2 aromatic rings. The standard InChI is InChI=1S/C20H25N5O2/c1-23(2)19(27)17-7-4-16(5-8-17)6-9-18(26)24-12-14-25(15-13-24)20-21-10-3-11-22-20/h3-5,7-8,10-11H,6,9,12-15H2,1-2H3. The van der Waals surface area contributed by atoms with Crippen molar-refractivity contribution in [1.29, 1.82) is 0 Å². The number of anilines is 1. The van der Waals surface area contributed by atoms with Gasteiger partial charge in [0, 0.05) is 64.7 Å². The van der Waals surface area contributed by atoms with Crippen LogP contribution in [0.4, 0.5) is 5.95 Å². The number of piperazine rings is 1. The van der Waals surface area contributed by atoms with Gasteiger partial charge in [-0.1, -0.05) is 12.1 Å². The van der Waals surface area contributed by atoms with E-state index in [1.165, 1.54) is 0 Å². The van der Waals surface area contributed by atoms with E-state index in [0.29, 0.717) is 31.5 Å². The molecule has 0 radical (unpaired) electrons. The number of aryl methyl sites for hydroxylation is 1. The smallest absolute Gasteiger partial charge is 0.253 e. The van der Waals surface area contributed by atoms with Crippen LogP contribution in [-0.4, -0.2) is 71.9 Å². The maximum atomic E-state index is 12.5. The topological polar surface area (TPSA) is 69.6 Å². The summed E-state index contributed by atoms with van der Waals surface area (Å²) < 4.78 is 0. The third kappa shape index (κ3) is 4.81. The van der Waals surface area contributed by atoms with Crippen LogP contribution in [0.5, 0.6) is 0 Å². The molecule has 27 heavy (non-hydrogen) atoms. The third-order valence-electron chi connectivity index (χ3n) is 4.70. The van der Waals surface area contributed by atoms with Crippen molar-refractivity contribution in [3.63, 3.8) is 0 Å². The number of rotatable bonds is 5. The van der Waals surface area contributed by atoms with Gasteiger partial charge in [0.25, 0.3) is 5.91 Å². The van der Waals surface area contributed by atoms with Gasteiger partial charge in [0.15, 0.2) is 0 Å². The zero-order valence-corrected chi connectivity index (χ0v) is 15.8. The summed E-state index contributed by atoms with van der Waals surface area (Å²) >= 11 is 0. The second-order valence-electron chi connectivity index (χ2n) is 6.81. The summed E-state index contributed by atoms with van der Waals surface area (Å²) in [4.78, 5) is 38.5. The van der Waals surface area contributed by atoms with E-state index in [-0.39, 0.29) is 11.8 Å². The molecule has 1 aromatic carbocycles. The zero-order valence-electron chi connectivity index (χ0n) is 15.8. The Kier molecular flexibility index (Phi) is 6.01. The van der Waals surface area contributed by atoms with Crippen LogP contribution in [0.3, 0.4) is 0 Å². The Morgan fingerprint density at radius 3 is 2.22 bits per heavy atom. The van der Waals surface area contributed by atoms with E-state index in [1.807, 2.05) is 29.2 Å². The Bertz CT molecular complexity index is 769. The minimum Gasteiger partial charge on any atom is -0.345 e. The van der Waals surface area contributed by atoms with Gasteiger partial charge < -0.3 is 14.7 Å². The van der Waals surface area contributed by atoms with Gasteiger partial charge >= 0.3 is 0 Å². The fraction of sp³-hybridized carbons (Fsp3) is 0.400. The molecule has 0 aliphatic carbocycles. The van der Waals surface area contributed by atoms with Crippen LogP contribution < -0.4 is 4.90 Å². The predicted octanol–water partition coefficient (Wildman–Crippen LogP) is 1.46. The first-order valence-electron chi connectivity index (χ1n) is 9.15. The fourth-order valence-corrected chi connectivity index (χ4v) is 3.09. The van der Waals surface area contributed by atoms with Crippen LogP contribution in [0.15, 0.2) is 42.7 Å². The molecule has 0 bridgehead atoms. The second-order valence-corrected chi connectivity index (χ2v) is 6.81. The lowest BCUT2D eigenvalue weighted by atomic mass is 10.1. The highest BCUT2D eigenvalue weighted by Crippen LogP contribution is 2.13. The Balaban J connectivity index is 1.47. The number of carbonyl (C=O) groups is 2. The molecule has 1 aliphatic heterocycles. The van der Waals surface area contributed by atoms with Crippen molar-refractivity contribution in [2.24, 2.45) is 0 Å². The number of carbonyl (C=O) groups excluding carboxylic acids is 2. The van der Waals surface area contributed by atoms with Crippen molar-refractivity contribution >= 4 is 17.8 Å². The summed E-state index contributed by atoms with van der Waals surface area (Å²) in [5.74, 6) is 0.868. The molecule has 2 amide bonds. The predicted molar refractivity (Wildman–Crippen MR) is 104 cm³/mol. The first-order chi connectivity index (χ1) is 13.0. The molecule has 0 unspecified atom stereocenters. The van der Waals surface area contributed by atoms with Crippen molar-refractivity contribution in [2.45, 2.75) is 12.8 Å². The average Bonchev–Trinajstić information content (AvgIpc) is 2.72. The number of nitrogens with zero attached hydrogens (tertiary/aromatic N) is 5. The fourth-order valence-electron chi connectivity index (χ4n) is 3.09. The number of hydrogen-bond acceptors (Lipinski definition) is 5. The van der Waals surface area contributed by atoms with Crippen LogP contribution in [0, 0.1) is 0 Å². The lowest BCUT2D eigenvalue weighted by molar-refractivity contribution is -0.131. The van der Waals surface area contributed by atoms with Crippen LogP contribution in [0.2, 0.25) is 0 Å². The normalized spacial score (nSPS) is 14.1. The quantitative estimate of drug-likeness (QED) is 0.800. The SMILES string of the molecule is CN(C)C(=O)c1ccc(CCC(=O)N2CCN(c3ncccn3)CC2)cc1. The van der Waals surface area contributed by atoms with Crippen LogP contribution >= 0.6 is 0 Å². The highest BCUT2D eigenvalue weighted by molar-refractivity contribution is 5.93. The van der Waals surface area contributed by atoms with Crippen molar-refractivity contribution in [3.05, 3.63) is 53.9 Å². The van der Waals surface area contributed by atoms with E-state index >= 15 is 0 Å². The zero-order chi connectivity index (χ0) is 19.2. The van der Waals surface area contributed by atoms with E-state index in [2.05, 4.69) is 14.9 Å². The molecule has 1 aromatic heterocycles. The first-order valence-corrected chi connectivity index (χ1v) is 9.15. The molecular weight excluding hydrogens is 342 g/mol. The molecule has 0 spiro atoms.